The molecule has 1 atom stereocenters. The number of carbonyl (C=O) groups excluding carboxylic acids is 1. The monoisotopic (exact) mass is 415 g/mol. The van der Waals surface area contributed by atoms with Crippen LogP contribution in [-0.2, 0) is 11.2 Å². The van der Waals surface area contributed by atoms with E-state index in [1.165, 1.54) is 4.90 Å². The lowest BCUT2D eigenvalue weighted by Crippen LogP contribution is -3.12. The molecular formula is C24H27N6O+. The van der Waals surface area contributed by atoms with Crippen LogP contribution in [0.4, 0.5) is 5.82 Å². The number of likely N-dealkylation sites (N-methyl/N-ethyl adjacent to an activating group) is 1. The second-order valence-electron chi connectivity index (χ2n) is 7.95. The SMILES string of the molecule is C[NH+]1CCN(c2nc3ccccc3nc2[C@@H](C#N)C(=O)NCCc2ccccc2)CC1. The van der Waals surface area contributed by atoms with Gasteiger partial charge in [-0.25, -0.2) is 9.97 Å². The van der Waals surface area contributed by atoms with E-state index < -0.39 is 5.92 Å². The van der Waals surface area contributed by atoms with Crippen LogP contribution < -0.4 is 15.1 Å². The first-order valence-corrected chi connectivity index (χ1v) is 10.7. The van der Waals surface area contributed by atoms with Gasteiger partial charge in [-0.15, -0.1) is 0 Å². The van der Waals surface area contributed by atoms with Crippen molar-refractivity contribution in [2.24, 2.45) is 0 Å². The number of fused-ring (bicyclic) bond motifs is 1. The Morgan fingerprint density at radius 3 is 2.42 bits per heavy atom. The van der Waals surface area contributed by atoms with Gasteiger partial charge in [0.2, 0.25) is 5.91 Å². The zero-order valence-electron chi connectivity index (χ0n) is 17.7. The third kappa shape index (κ3) is 4.81. The van der Waals surface area contributed by atoms with Gasteiger partial charge in [-0.05, 0) is 24.1 Å². The van der Waals surface area contributed by atoms with E-state index in [4.69, 9.17) is 9.97 Å². The number of anilines is 1. The minimum absolute atomic E-state index is 0.330. The average molecular weight is 416 g/mol. The van der Waals surface area contributed by atoms with Gasteiger partial charge in [0.25, 0.3) is 0 Å². The summed E-state index contributed by atoms with van der Waals surface area (Å²) in [6, 6.07) is 19.7. The summed E-state index contributed by atoms with van der Waals surface area (Å²) in [5.41, 5.74) is 3.05. The van der Waals surface area contributed by atoms with Gasteiger partial charge >= 0.3 is 0 Å². The fourth-order valence-electron chi connectivity index (χ4n) is 3.85. The molecule has 4 rings (SSSR count). The van der Waals surface area contributed by atoms with Crippen molar-refractivity contribution in [3.05, 3.63) is 65.9 Å². The lowest BCUT2D eigenvalue weighted by Gasteiger charge is -2.32. The fourth-order valence-corrected chi connectivity index (χ4v) is 3.85. The van der Waals surface area contributed by atoms with Crippen molar-refractivity contribution in [2.75, 3.05) is 44.7 Å². The molecule has 0 radical (unpaired) electrons. The number of quaternary nitrogens is 1. The Hall–Kier alpha value is -3.50. The zero-order chi connectivity index (χ0) is 21.6. The number of nitrogens with one attached hydrogen (secondary N) is 2. The molecule has 0 spiro atoms. The number of nitriles is 1. The van der Waals surface area contributed by atoms with Crippen molar-refractivity contribution >= 4 is 22.8 Å². The van der Waals surface area contributed by atoms with E-state index in [1.807, 2.05) is 54.6 Å². The third-order valence-electron chi connectivity index (χ3n) is 5.72. The van der Waals surface area contributed by atoms with Crippen LogP contribution >= 0.6 is 0 Å². The van der Waals surface area contributed by atoms with Gasteiger partial charge in [-0.2, -0.15) is 5.26 Å². The van der Waals surface area contributed by atoms with E-state index >= 15 is 0 Å². The van der Waals surface area contributed by atoms with Crippen LogP contribution in [-0.4, -0.2) is 55.6 Å². The summed E-state index contributed by atoms with van der Waals surface area (Å²) < 4.78 is 0. The first kappa shape index (κ1) is 20.8. The number of hydrogen-bond donors (Lipinski definition) is 2. The van der Waals surface area contributed by atoms with Crippen LogP contribution in [0.2, 0.25) is 0 Å². The predicted octanol–water partition coefficient (Wildman–Crippen LogP) is 0.931. The maximum Gasteiger partial charge on any atom is 0.243 e. The molecule has 3 aromatic rings. The number of hydrogen-bond acceptors (Lipinski definition) is 5. The van der Waals surface area contributed by atoms with Gasteiger partial charge in [0.15, 0.2) is 11.7 Å². The zero-order valence-corrected chi connectivity index (χ0v) is 17.7. The van der Waals surface area contributed by atoms with Gasteiger partial charge in [0.05, 0.1) is 50.3 Å². The minimum atomic E-state index is -1.00. The fraction of sp³-hybridized carbons (Fsp3) is 0.333. The summed E-state index contributed by atoms with van der Waals surface area (Å²) in [4.78, 5) is 26.1. The first-order valence-electron chi connectivity index (χ1n) is 10.7. The number of nitrogens with zero attached hydrogens (tertiary/aromatic N) is 4. The lowest BCUT2D eigenvalue weighted by atomic mass is 10.0. The topological polar surface area (TPSA) is 86.3 Å². The van der Waals surface area contributed by atoms with Crippen LogP contribution in [0.25, 0.3) is 11.0 Å². The highest BCUT2D eigenvalue weighted by molar-refractivity contribution is 5.88. The average Bonchev–Trinajstić information content (AvgIpc) is 2.80. The van der Waals surface area contributed by atoms with Gasteiger partial charge in [-0.1, -0.05) is 42.5 Å². The first-order chi connectivity index (χ1) is 15.2. The van der Waals surface area contributed by atoms with Crippen LogP contribution in [0, 0.1) is 11.3 Å². The molecule has 2 N–H and O–H groups in total. The Morgan fingerprint density at radius 1 is 1.10 bits per heavy atom. The molecule has 158 valence electrons. The van der Waals surface area contributed by atoms with E-state index in [9.17, 15) is 10.1 Å². The number of rotatable bonds is 6. The number of carbonyl (C=O) groups is 1. The molecule has 0 bridgehead atoms. The molecule has 2 heterocycles. The maximum absolute atomic E-state index is 13.0. The maximum atomic E-state index is 13.0. The van der Waals surface area contributed by atoms with E-state index in [-0.39, 0.29) is 5.91 Å². The van der Waals surface area contributed by atoms with Crippen molar-refractivity contribution in [1.82, 2.24) is 15.3 Å². The summed E-state index contributed by atoms with van der Waals surface area (Å²) in [5, 5.41) is 12.8. The van der Waals surface area contributed by atoms with Crippen molar-refractivity contribution in [1.29, 1.82) is 5.26 Å². The number of benzene rings is 2. The number of piperazine rings is 1. The summed E-state index contributed by atoms with van der Waals surface area (Å²) >= 11 is 0. The predicted molar refractivity (Wildman–Crippen MR) is 120 cm³/mol. The molecule has 1 amide bonds. The molecule has 1 saturated heterocycles. The van der Waals surface area contributed by atoms with Crippen LogP contribution in [0.5, 0.6) is 0 Å². The molecular weight excluding hydrogens is 388 g/mol. The number of amides is 1. The molecule has 1 fully saturated rings. The largest absolute Gasteiger partial charge is 0.354 e. The highest BCUT2D eigenvalue weighted by Gasteiger charge is 2.30. The molecule has 7 nitrogen and oxygen atoms in total. The minimum Gasteiger partial charge on any atom is -0.354 e. The number of para-hydroxylation sites is 2. The van der Waals surface area contributed by atoms with Gasteiger partial charge in [-0.3, -0.25) is 4.79 Å². The van der Waals surface area contributed by atoms with Crippen LogP contribution in [0.15, 0.2) is 54.6 Å². The molecule has 1 aliphatic rings. The smallest absolute Gasteiger partial charge is 0.243 e. The van der Waals surface area contributed by atoms with Gasteiger partial charge in [0, 0.05) is 6.54 Å². The van der Waals surface area contributed by atoms with Crippen LogP contribution in [0.1, 0.15) is 17.2 Å². The lowest BCUT2D eigenvalue weighted by molar-refractivity contribution is -0.880. The molecule has 0 unspecified atom stereocenters. The molecule has 0 saturated carbocycles. The van der Waals surface area contributed by atoms with Crippen molar-refractivity contribution in [3.8, 4) is 6.07 Å². The Labute approximate surface area is 182 Å². The molecule has 0 aliphatic carbocycles. The Morgan fingerprint density at radius 2 is 1.74 bits per heavy atom. The van der Waals surface area contributed by atoms with E-state index in [0.717, 1.165) is 37.3 Å². The summed E-state index contributed by atoms with van der Waals surface area (Å²) in [5.74, 6) is -0.685. The summed E-state index contributed by atoms with van der Waals surface area (Å²) in [7, 11) is 2.17. The van der Waals surface area contributed by atoms with Crippen LogP contribution in [0.3, 0.4) is 0 Å². The third-order valence-corrected chi connectivity index (χ3v) is 5.72. The Balaban J connectivity index is 1.59. The van der Waals surface area contributed by atoms with E-state index in [1.54, 1.807) is 0 Å². The van der Waals surface area contributed by atoms with Gasteiger partial charge in [0.1, 0.15) is 5.69 Å². The molecule has 2 aromatic carbocycles. The number of aromatic nitrogens is 2. The molecule has 31 heavy (non-hydrogen) atoms. The highest BCUT2D eigenvalue weighted by Crippen LogP contribution is 2.27. The van der Waals surface area contributed by atoms with Gasteiger partial charge < -0.3 is 15.1 Å². The summed E-state index contributed by atoms with van der Waals surface area (Å²) in [6.07, 6.45) is 0.711. The normalized spacial score (nSPS) is 15.4. The second kappa shape index (κ2) is 9.54. The Kier molecular flexibility index (Phi) is 6.39. The quantitative estimate of drug-likeness (QED) is 0.626. The highest BCUT2D eigenvalue weighted by atomic mass is 16.1. The molecule has 1 aromatic heterocycles. The van der Waals surface area contributed by atoms with E-state index in [2.05, 4.69) is 23.3 Å². The van der Waals surface area contributed by atoms with Crippen molar-refractivity contribution in [2.45, 2.75) is 12.3 Å². The second-order valence-corrected chi connectivity index (χ2v) is 7.95. The molecule has 1 aliphatic heterocycles. The summed E-state index contributed by atoms with van der Waals surface area (Å²) in [6.45, 7) is 4.07. The Bertz CT molecular complexity index is 1090. The van der Waals surface area contributed by atoms with E-state index in [0.29, 0.717) is 30.0 Å². The molecule has 7 heteroatoms. The standard InChI is InChI=1S/C24H26N6O/c1-29-13-15-30(16-14-29)23-22(27-20-9-5-6-10-21(20)28-23)19(17-25)24(31)26-12-11-18-7-3-2-4-8-18/h2-10,19H,11-16H2,1H3,(H,26,31)/p+1/t19-/m1/s1. The van der Waals surface area contributed by atoms with Crippen molar-refractivity contribution in [3.63, 3.8) is 0 Å². The van der Waals surface area contributed by atoms with Crippen molar-refractivity contribution < 1.29 is 9.69 Å².